The third-order valence-corrected chi connectivity index (χ3v) is 3.60. The monoisotopic (exact) mass is 261 g/mol. The first-order valence-corrected chi connectivity index (χ1v) is 5.86. The molecule has 0 amide bonds. The molecule has 1 aromatic rings. The Bertz CT molecular complexity index is 390. The summed E-state index contributed by atoms with van der Waals surface area (Å²) in [5.74, 6) is 0. The van der Waals surface area contributed by atoms with Gasteiger partial charge in [0.15, 0.2) is 10.3 Å². The Morgan fingerprint density at radius 1 is 1.56 bits per heavy atom. The molecule has 0 saturated carbocycles. The number of hydrogen-bond donors (Lipinski definition) is 3. The fraction of sp³-hybridized carbons (Fsp3) is 0.556. The van der Waals surface area contributed by atoms with E-state index in [4.69, 9.17) is 16.9 Å². The van der Waals surface area contributed by atoms with E-state index in [0.717, 1.165) is 11.3 Å². The fourth-order valence-electron chi connectivity index (χ4n) is 1.09. The molecule has 0 aromatic carbocycles. The number of nitriles is 1. The fourth-order valence-corrected chi connectivity index (χ4v) is 2.16. The molecular weight excluding hydrogens is 250 g/mol. The summed E-state index contributed by atoms with van der Waals surface area (Å²) in [5.41, 5.74) is -0.825. The van der Waals surface area contributed by atoms with Gasteiger partial charge in [-0.25, -0.2) is 4.98 Å². The first kappa shape index (κ1) is 13.2. The average molecular weight is 262 g/mol. The summed E-state index contributed by atoms with van der Waals surface area (Å²) in [7, 11) is 0. The van der Waals surface area contributed by atoms with Crippen molar-refractivity contribution in [2.24, 2.45) is 0 Å². The van der Waals surface area contributed by atoms with Crippen LogP contribution in [0.4, 0.5) is 5.13 Å². The van der Waals surface area contributed by atoms with Gasteiger partial charge in [-0.2, -0.15) is 5.26 Å². The van der Waals surface area contributed by atoms with Crippen LogP contribution in [0.3, 0.4) is 0 Å². The highest BCUT2D eigenvalue weighted by atomic mass is 35.5. The normalized spacial score (nSPS) is 11.2. The van der Waals surface area contributed by atoms with Crippen LogP contribution in [0.5, 0.6) is 0 Å². The molecule has 1 rings (SSSR count). The molecule has 7 heteroatoms. The van der Waals surface area contributed by atoms with Crippen LogP contribution in [0, 0.1) is 11.3 Å². The molecule has 0 saturated heterocycles. The minimum absolute atomic E-state index is 0.135. The van der Waals surface area contributed by atoms with Crippen molar-refractivity contribution in [2.75, 3.05) is 18.5 Å². The summed E-state index contributed by atoms with van der Waals surface area (Å²) in [6, 6.07) is 1.91. The maximum absolute atomic E-state index is 9.23. The Labute approximate surface area is 102 Å². The Morgan fingerprint density at radius 3 is 2.56 bits per heavy atom. The number of aromatic nitrogens is 1. The van der Waals surface area contributed by atoms with Crippen LogP contribution in [0.1, 0.15) is 18.2 Å². The van der Waals surface area contributed by atoms with E-state index in [0.29, 0.717) is 16.4 Å². The standard InChI is InChI=1S/C9H12ClN3O2S/c1-2-9(4-14,5-15)13-8-12-7(10)6(3-11)16-8/h14-15H,2,4-5H2,1H3,(H,12,13). The van der Waals surface area contributed by atoms with Gasteiger partial charge in [-0.15, -0.1) is 0 Å². The number of rotatable bonds is 5. The zero-order valence-electron chi connectivity index (χ0n) is 8.70. The van der Waals surface area contributed by atoms with Crippen LogP contribution >= 0.6 is 22.9 Å². The van der Waals surface area contributed by atoms with Gasteiger partial charge in [-0.1, -0.05) is 29.9 Å². The second-order valence-corrected chi connectivity index (χ2v) is 4.68. The van der Waals surface area contributed by atoms with Gasteiger partial charge in [-0.3, -0.25) is 0 Å². The number of halogens is 1. The molecule has 88 valence electrons. The molecule has 0 spiro atoms. The topological polar surface area (TPSA) is 89.2 Å². The third-order valence-electron chi connectivity index (χ3n) is 2.34. The van der Waals surface area contributed by atoms with Gasteiger partial charge >= 0.3 is 0 Å². The number of nitrogens with zero attached hydrogens (tertiary/aromatic N) is 2. The first-order valence-electron chi connectivity index (χ1n) is 4.67. The summed E-state index contributed by atoms with van der Waals surface area (Å²) in [4.78, 5) is 4.25. The van der Waals surface area contributed by atoms with Gasteiger partial charge < -0.3 is 15.5 Å². The predicted octanol–water partition coefficient (Wildman–Crippen LogP) is 1.21. The molecule has 0 aliphatic carbocycles. The van der Waals surface area contributed by atoms with Crippen LogP contribution in [-0.4, -0.2) is 33.9 Å². The van der Waals surface area contributed by atoms with E-state index in [1.165, 1.54) is 0 Å². The van der Waals surface area contributed by atoms with Gasteiger partial charge in [0, 0.05) is 0 Å². The molecule has 0 atom stereocenters. The minimum Gasteiger partial charge on any atom is -0.394 e. The largest absolute Gasteiger partial charge is 0.394 e. The van der Waals surface area contributed by atoms with E-state index in [-0.39, 0.29) is 18.4 Å². The molecule has 0 unspecified atom stereocenters. The lowest BCUT2D eigenvalue weighted by atomic mass is 9.99. The predicted molar refractivity (Wildman–Crippen MR) is 62.7 cm³/mol. The molecule has 5 nitrogen and oxygen atoms in total. The lowest BCUT2D eigenvalue weighted by molar-refractivity contribution is 0.132. The maximum atomic E-state index is 9.23. The molecule has 1 heterocycles. The van der Waals surface area contributed by atoms with Gasteiger partial charge in [0.05, 0.1) is 18.8 Å². The van der Waals surface area contributed by atoms with Crippen molar-refractivity contribution < 1.29 is 10.2 Å². The quantitative estimate of drug-likeness (QED) is 0.741. The van der Waals surface area contributed by atoms with E-state index in [9.17, 15) is 10.2 Å². The highest BCUT2D eigenvalue weighted by Gasteiger charge is 2.27. The maximum Gasteiger partial charge on any atom is 0.186 e. The summed E-state index contributed by atoms with van der Waals surface area (Å²) in [6.45, 7) is 1.39. The summed E-state index contributed by atoms with van der Waals surface area (Å²) in [6.07, 6.45) is 0.527. The van der Waals surface area contributed by atoms with Gasteiger partial charge in [0.25, 0.3) is 0 Å². The Balaban J connectivity index is 2.90. The van der Waals surface area contributed by atoms with Gasteiger partial charge in [0.2, 0.25) is 0 Å². The highest BCUT2D eigenvalue weighted by Crippen LogP contribution is 2.28. The molecule has 0 aliphatic rings. The van der Waals surface area contributed by atoms with E-state index in [1.54, 1.807) is 0 Å². The Hall–Kier alpha value is -0.870. The van der Waals surface area contributed by atoms with Crippen LogP contribution in [0.25, 0.3) is 0 Å². The van der Waals surface area contributed by atoms with Gasteiger partial charge in [0.1, 0.15) is 10.9 Å². The van der Waals surface area contributed by atoms with Crippen molar-refractivity contribution in [3.05, 3.63) is 10.0 Å². The van der Waals surface area contributed by atoms with E-state index >= 15 is 0 Å². The molecule has 0 bridgehead atoms. The third kappa shape index (κ3) is 2.62. The molecule has 0 radical (unpaired) electrons. The number of anilines is 1. The highest BCUT2D eigenvalue weighted by molar-refractivity contribution is 7.16. The zero-order chi connectivity index (χ0) is 12.2. The zero-order valence-corrected chi connectivity index (χ0v) is 10.3. The number of aliphatic hydroxyl groups is 2. The molecule has 0 fully saturated rings. The molecule has 16 heavy (non-hydrogen) atoms. The minimum atomic E-state index is -0.825. The first-order chi connectivity index (χ1) is 7.60. The summed E-state index contributed by atoms with van der Waals surface area (Å²) >= 11 is 6.81. The van der Waals surface area contributed by atoms with Crippen molar-refractivity contribution in [1.29, 1.82) is 5.26 Å². The number of nitrogens with one attached hydrogen (secondary N) is 1. The number of hydrogen-bond acceptors (Lipinski definition) is 6. The van der Waals surface area contributed by atoms with E-state index in [1.807, 2.05) is 13.0 Å². The Kier molecular flexibility index (Phi) is 4.50. The van der Waals surface area contributed by atoms with Gasteiger partial charge in [-0.05, 0) is 6.42 Å². The van der Waals surface area contributed by atoms with Crippen molar-refractivity contribution in [2.45, 2.75) is 18.9 Å². The molecule has 1 aromatic heterocycles. The van der Waals surface area contributed by atoms with Crippen molar-refractivity contribution in [3.8, 4) is 6.07 Å². The van der Waals surface area contributed by atoms with Crippen LogP contribution in [-0.2, 0) is 0 Å². The number of aliphatic hydroxyl groups excluding tert-OH is 2. The van der Waals surface area contributed by atoms with Crippen molar-refractivity contribution in [1.82, 2.24) is 4.98 Å². The SMILES string of the molecule is CCC(CO)(CO)Nc1nc(Cl)c(C#N)s1. The second kappa shape index (κ2) is 5.46. The van der Waals surface area contributed by atoms with E-state index in [2.05, 4.69) is 10.3 Å². The molecular formula is C9H12ClN3O2S. The lowest BCUT2D eigenvalue weighted by Crippen LogP contribution is -2.45. The smallest absolute Gasteiger partial charge is 0.186 e. The van der Waals surface area contributed by atoms with E-state index < -0.39 is 5.54 Å². The average Bonchev–Trinajstić information content (AvgIpc) is 2.66. The molecule has 3 N–H and O–H groups in total. The molecule has 0 aliphatic heterocycles. The summed E-state index contributed by atoms with van der Waals surface area (Å²) in [5, 5.41) is 30.6. The Morgan fingerprint density at radius 2 is 2.19 bits per heavy atom. The van der Waals surface area contributed by atoms with Crippen molar-refractivity contribution in [3.63, 3.8) is 0 Å². The van der Waals surface area contributed by atoms with Crippen LogP contribution in [0.2, 0.25) is 5.15 Å². The second-order valence-electron chi connectivity index (χ2n) is 3.33. The van der Waals surface area contributed by atoms with Crippen LogP contribution < -0.4 is 5.32 Å². The van der Waals surface area contributed by atoms with Crippen molar-refractivity contribution >= 4 is 28.1 Å². The van der Waals surface area contributed by atoms with Crippen LogP contribution in [0.15, 0.2) is 0 Å². The number of thiazole rings is 1. The summed E-state index contributed by atoms with van der Waals surface area (Å²) < 4.78 is 0. The lowest BCUT2D eigenvalue weighted by Gasteiger charge is -2.29.